The summed E-state index contributed by atoms with van der Waals surface area (Å²) in [5.74, 6) is 1.93. The fraction of sp³-hybridized carbons (Fsp3) is 0.786. The van der Waals surface area contributed by atoms with Crippen molar-refractivity contribution in [1.82, 2.24) is 4.90 Å². The summed E-state index contributed by atoms with van der Waals surface area (Å²) in [5, 5.41) is 0. The van der Waals surface area contributed by atoms with Crippen molar-refractivity contribution in [2.45, 2.75) is 39.0 Å². The second-order valence-electron chi connectivity index (χ2n) is 5.66. The van der Waals surface area contributed by atoms with Gasteiger partial charge in [-0.15, -0.1) is 0 Å². The van der Waals surface area contributed by atoms with E-state index in [0.29, 0.717) is 0 Å². The Kier molecular flexibility index (Phi) is 4.57. The Labute approximate surface area is 110 Å². The van der Waals surface area contributed by atoms with E-state index in [2.05, 4.69) is 4.90 Å². The highest BCUT2D eigenvalue weighted by Gasteiger charge is 2.30. The molecule has 2 N–H and O–H groups in total. The number of hydrogen-bond acceptors (Lipinski definition) is 3. The molecule has 1 saturated heterocycles. The normalized spacial score (nSPS) is 31.0. The summed E-state index contributed by atoms with van der Waals surface area (Å²) in [6.07, 6.45) is 9.07. The number of fused-ring (bicyclic) bond motifs is 1. The standard InChI is InChI=1S/C14H24N2S/c1-11(17)8-14(15)10-16-7-6-12-4-2-3-5-13(12)9-16/h8,12-13H,2-7,9-10,15H2,1H3/b14-8-. The number of nitrogens with two attached hydrogens (primary N) is 1. The summed E-state index contributed by atoms with van der Waals surface area (Å²) >= 11 is 5.06. The third-order valence-electron chi connectivity index (χ3n) is 4.17. The molecule has 2 rings (SSSR count). The number of hydrogen-bond donors (Lipinski definition) is 1. The van der Waals surface area contributed by atoms with Crippen molar-refractivity contribution in [2.24, 2.45) is 17.6 Å². The van der Waals surface area contributed by atoms with E-state index < -0.39 is 0 Å². The van der Waals surface area contributed by atoms with Gasteiger partial charge in [0.25, 0.3) is 0 Å². The number of rotatable bonds is 3. The van der Waals surface area contributed by atoms with Crippen LogP contribution >= 0.6 is 12.2 Å². The van der Waals surface area contributed by atoms with E-state index in [1.165, 1.54) is 45.2 Å². The zero-order valence-electron chi connectivity index (χ0n) is 10.8. The molecule has 0 radical (unpaired) electrons. The van der Waals surface area contributed by atoms with Gasteiger partial charge in [-0.25, -0.2) is 0 Å². The first-order valence-corrected chi connectivity index (χ1v) is 7.25. The van der Waals surface area contributed by atoms with E-state index in [0.717, 1.165) is 28.9 Å². The lowest BCUT2D eigenvalue weighted by Crippen LogP contribution is -2.43. The Morgan fingerprint density at radius 2 is 2.00 bits per heavy atom. The van der Waals surface area contributed by atoms with E-state index in [4.69, 9.17) is 18.0 Å². The summed E-state index contributed by atoms with van der Waals surface area (Å²) in [6, 6.07) is 0. The van der Waals surface area contributed by atoms with Crippen molar-refractivity contribution >= 4 is 17.1 Å². The van der Waals surface area contributed by atoms with Crippen LogP contribution in [0.1, 0.15) is 39.0 Å². The molecule has 96 valence electrons. The minimum atomic E-state index is 0.884. The SMILES string of the molecule is CC(=S)/C=C(\N)CN1CCC2CCCCC2C1. The highest BCUT2D eigenvalue weighted by Crippen LogP contribution is 2.35. The van der Waals surface area contributed by atoms with Gasteiger partial charge in [-0.1, -0.05) is 31.5 Å². The molecule has 1 heterocycles. The van der Waals surface area contributed by atoms with Gasteiger partial charge in [0.2, 0.25) is 0 Å². The van der Waals surface area contributed by atoms with Crippen LogP contribution in [-0.2, 0) is 0 Å². The van der Waals surface area contributed by atoms with Crippen LogP contribution in [0.4, 0.5) is 0 Å². The van der Waals surface area contributed by atoms with Crippen LogP contribution in [-0.4, -0.2) is 29.4 Å². The molecule has 2 nitrogen and oxygen atoms in total. The number of piperidine rings is 1. The maximum atomic E-state index is 6.01. The van der Waals surface area contributed by atoms with Crippen LogP contribution in [0.3, 0.4) is 0 Å². The van der Waals surface area contributed by atoms with Crippen molar-refractivity contribution in [2.75, 3.05) is 19.6 Å². The van der Waals surface area contributed by atoms with Crippen molar-refractivity contribution in [3.8, 4) is 0 Å². The van der Waals surface area contributed by atoms with Crippen LogP contribution in [0.2, 0.25) is 0 Å². The molecule has 17 heavy (non-hydrogen) atoms. The number of likely N-dealkylation sites (tertiary alicyclic amines) is 1. The monoisotopic (exact) mass is 252 g/mol. The average Bonchev–Trinajstić information content (AvgIpc) is 2.27. The van der Waals surface area contributed by atoms with Gasteiger partial charge in [-0.05, 0) is 44.2 Å². The quantitative estimate of drug-likeness (QED) is 0.618. The number of thiocarbonyl (C=S) groups is 1. The first-order valence-electron chi connectivity index (χ1n) is 6.84. The minimum Gasteiger partial charge on any atom is -0.401 e. The summed E-state index contributed by atoms with van der Waals surface area (Å²) in [7, 11) is 0. The predicted octanol–water partition coefficient (Wildman–Crippen LogP) is 2.73. The maximum Gasteiger partial charge on any atom is 0.0380 e. The predicted molar refractivity (Wildman–Crippen MR) is 77.0 cm³/mol. The molecule has 0 bridgehead atoms. The van der Waals surface area contributed by atoms with Gasteiger partial charge in [-0.2, -0.15) is 0 Å². The fourth-order valence-corrected chi connectivity index (χ4v) is 3.54. The molecule has 2 unspecified atom stereocenters. The van der Waals surface area contributed by atoms with E-state index in [9.17, 15) is 0 Å². The molecular weight excluding hydrogens is 228 g/mol. The smallest absolute Gasteiger partial charge is 0.0380 e. The van der Waals surface area contributed by atoms with Crippen LogP contribution < -0.4 is 5.73 Å². The lowest BCUT2D eigenvalue weighted by atomic mass is 9.75. The van der Waals surface area contributed by atoms with Gasteiger partial charge in [0.15, 0.2) is 0 Å². The Morgan fingerprint density at radius 1 is 1.29 bits per heavy atom. The molecule has 2 atom stereocenters. The first kappa shape index (κ1) is 13.0. The van der Waals surface area contributed by atoms with Gasteiger partial charge < -0.3 is 5.73 Å². The molecule has 0 aromatic rings. The zero-order valence-corrected chi connectivity index (χ0v) is 11.6. The molecule has 0 aromatic heterocycles. The maximum absolute atomic E-state index is 6.01. The second-order valence-corrected chi connectivity index (χ2v) is 6.30. The van der Waals surface area contributed by atoms with E-state index in [-0.39, 0.29) is 0 Å². The average molecular weight is 252 g/mol. The van der Waals surface area contributed by atoms with Crippen LogP contribution in [0.5, 0.6) is 0 Å². The first-order chi connectivity index (χ1) is 8.15. The Bertz CT molecular complexity index is 311. The topological polar surface area (TPSA) is 29.3 Å². The van der Waals surface area contributed by atoms with Gasteiger partial charge >= 0.3 is 0 Å². The van der Waals surface area contributed by atoms with Crippen molar-refractivity contribution in [3.63, 3.8) is 0 Å². The Morgan fingerprint density at radius 3 is 2.71 bits per heavy atom. The highest BCUT2D eigenvalue weighted by atomic mass is 32.1. The molecule has 0 aromatic carbocycles. The molecule has 0 spiro atoms. The largest absolute Gasteiger partial charge is 0.401 e. The summed E-state index contributed by atoms with van der Waals surface area (Å²) in [5.41, 5.74) is 6.93. The molecular formula is C14H24N2S. The van der Waals surface area contributed by atoms with Crippen LogP contribution in [0.25, 0.3) is 0 Å². The summed E-state index contributed by atoms with van der Waals surface area (Å²) < 4.78 is 0. The lowest BCUT2D eigenvalue weighted by molar-refractivity contribution is 0.0932. The molecule has 1 saturated carbocycles. The van der Waals surface area contributed by atoms with Gasteiger partial charge in [0, 0.05) is 23.7 Å². The highest BCUT2D eigenvalue weighted by molar-refractivity contribution is 7.80. The van der Waals surface area contributed by atoms with E-state index >= 15 is 0 Å². The third-order valence-corrected chi connectivity index (χ3v) is 4.29. The minimum absolute atomic E-state index is 0.884. The number of nitrogens with zero attached hydrogens (tertiary/aromatic N) is 1. The molecule has 1 aliphatic heterocycles. The number of allylic oxidation sites excluding steroid dienone is 1. The Hall–Kier alpha value is -0.410. The van der Waals surface area contributed by atoms with E-state index in [1.807, 2.05) is 13.0 Å². The van der Waals surface area contributed by atoms with Crippen molar-refractivity contribution in [3.05, 3.63) is 11.8 Å². The summed E-state index contributed by atoms with van der Waals surface area (Å²) in [6.45, 7) is 5.29. The zero-order chi connectivity index (χ0) is 12.3. The van der Waals surface area contributed by atoms with Crippen molar-refractivity contribution < 1.29 is 0 Å². The lowest BCUT2D eigenvalue weighted by Gasteiger charge is -2.41. The fourth-order valence-electron chi connectivity index (χ4n) is 3.38. The Balaban J connectivity index is 1.85. The molecule has 2 fully saturated rings. The molecule has 1 aliphatic carbocycles. The third kappa shape index (κ3) is 3.78. The molecule has 2 aliphatic rings. The van der Waals surface area contributed by atoms with E-state index in [1.54, 1.807) is 0 Å². The van der Waals surface area contributed by atoms with Crippen molar-refractivity contribution in [1.29, 1.82) is 0 Å². The summed E-state index contributed by atoms with van der Waals surface area (Å²) in [4.78, 5) is 3.39. The van der Waals surface area contributed by atoms with Gasteiger partial charge in [0.05, 0.1) is 0 Å². The van der Waals surface area contributed by atoms with Crippen LogP contribution in [0.15, 0.2) is 11.8 Å². The van der Waals surface area contributed by atoms with Gasteiger partial charge in [-0.3, -0.25) is 4.90 Å². The molecule has 0 amide bonds. The van der Waals surface area contributed by atoms with Crippen LogP contribution in [0, 0.1) is 11.8 Å². The van der Waals surface area contributed by atoms with Gasteiger partial charge in [0.1, 0.15) is 0 Å². The second kappa shape index (κ2) is 5.96. The molecule has 3 heteroatoms.